The molecule has 0 aliphatic rings. The number of carbonyl (C=O) groups is 1. The number of hydrogen-bond donors (Lipinski definition) is 0. The number of hydrogen-bond acceptors (Lipinski definition) is 3. The number of carbonyl (C=O) groups excluding carboxylic acids is 1. The number of aromatic nitrogens is 1. The van der Waals surface area contributed by atoms with E-state index in [-0.39, 0.29) is 5.69 Å². The van der Waals surface area contributed by atoms with E-state index >= 15 is 0 Å². The molecule has 3 nitrogen and oxygen atoms in total. The number of pyridine rings is 1. The predicted molar refractivity (Wildman–Crippen MR) is 53.8 cm³/mol. The summed E-state index contributed by atoms with van der Waals surface area (Å²) in [5, 5.41) is 11.5. The van der Waals surface area contributed by atoms with E-state index in [1.165, 1.54) is 6.07 Å². The molecule has 0 bridgehead atoms. The van der Waals surface area contributed by atoms with Gasteiger partial charge in [-0.1, -0.05) is 18.2 Å². The summed E-state index contributed by atoms with van der Waals surface area (Å²) in [7, 11) is 0. The van der Waals surface area contributed by atoms with E-state index in [4.69, 9.17) is 0 Å². The van der Waals surface area contributed by atoms with Gasteiger partial charge in [0, 0.05) is 9.86 Å². The van der Waals surface area contributed by atoms with Gasteiger partial charge in [0.2, 0.25) is 0 Å². The maximum Gasteiger partial charge on any atom is 0.0900 e. The van der Waals surface area contributed by atoms with Crippen LogP contribution in [0.4, 0.5) is 0 Å². The van der Waals surface area contributed by atoms with Crippen LogP contribution >= 0.6 is 15.9 Å². The molecule has 0 aliphatic heterocycles. The fraction of sp³-hybridized carbons (Fsp3) is 0. The van der Waals surface area contributed by atoms with Crippen molar-refractivity contribution in [1.82, 2.24) is 4.98 Å². The molecule has 70 valence electrons. The molecule has 0 saturated heterocycles. The summed E-state index contributed by atoms with van der Waals surface area (Å²) in [5.41, 5.74) is 0.582. The normalized spacial score (nSPS) is 10.4. The second kappa shape index (κ2) is 3.38. The highest BCUT2D eigenvalue weighted by Gasteiger charge is 2.01. The van der Waals surface area contributed by atoms with Crippen LogP contribution in [-0.2, 0) is 0 Å². The fourth-order valence-corrected chi connectivity index (χ4v) is 1.69. The average Bonchev–Trinajstić information content (AvgIpc) is 2.18. The first kappa shape index (κ1) is 9.15. The van der Waals surface area contributed by atoms with Crippen LogP contribution in [-0.4, -0.2) is 11.0 Å². The zero-order valence-electron chi connectivity index (χ0n) is 7.03. The molecule has 4 heteroatoms. The monoisotopic (exact) mass is 250 g/mol. The average molecular weight is 251 g/mol. The number of para-hydroxylation sites is 1. The Labute approximate surface area is 88.5 Å². The third-order valence-electron chi connectivity index (χ3n) is 1.88. The molecule has 0 N–H and O–H groups in total. The van der Waals surface area contributed by atoms with Crippen LogP contribution in [0.5, 0.6) is 0 Å². The highest BCUT2D eigenvalue weighted by atomic mass is 79.9. The molecule has 0 atom stereocenters. The molecule has 0 saturated carbocycles. The molecule has 14 heavy (non-hydrogen) atoms. The molecule has 0 radical (unpaired) electrons. The molecule has 0 aliphatic carbocycles. The van der Waals surface area contributed by atoms with Crippen molar-refractivity contribution < 1.29 is 9.90 Å². The lowest BCUT2D eigenvalue weighted by Crippen LogP contribution is -2.23. The van der Waals surface area contributed by atoms with Crippen molar-refractivity contribution in [3.63, 3.8) is 0 Å². The smallest absolute Gasteiger partial charge is 0.0900 e. The van der Waals surface area contributed by atoms with Crippen molar-refractivity contribution in [2.24, 2.45) is 0 Å². The molecule has 1 heterocycles. The van der Waals surface area contributed by atoms with Gasteiger partial charge in [-0.2, -0.15) is 0 Å². The van der Waals surface area contributed by atoms with Crippen molar-refractivity contribution in [1.29, 1.82) is 0 Å². The standard InChI is InChI=1S/C10H6BrNO2/c11-7-3-1-2-6-4-5-8(10(13)14)12-9(6)7/h1-5H,(H,13,14)/p-1. The van der Waals surface area contributed by atoms with E-state index < -0.39 is 5.97 Å². The van der Waals surface area contributed by atoms with Gasteiger partial charge in [-0.3, -0.25) is 0 Å². The Morgan fingerprint density at radius 1 is 1.29 bits per heavy atom. The van der Waals surface area contributed by atoms with Crippen LogP contribution in [0.2, 0.25) is 0 Å². The summed E-state index contributed by atoms with van der Waals surface area (Å²) in [6.45, 7) is 0. The van der Waals surface area contributed by atoms with Crippen molar-refractivity contribution in [3.8, 4) is 0 Å². The van der Waals surface area contributed by atoms with E-state index in [0.717, 1.165) is 9.86 Å². The number of fused-ring (bicyclic) bond motifs is 1. The Morgan fingerprint density at radius 3 is 2.79 bits per heavy atom. The van der Waals surface area contributed by atoms with E-state index in [9.17, 15) is 9.90 Å². The fourth-order valence-electron chi connectivity index (χ4n) is 1.22. The maximum absolute atomic E-state index is 10.6. The first-order valence-corrected chi connectivity index (χ1v) is 4.74. The van der Waals surface area contributed by atoms with Crippen LogP contribution in [0.25, 0.3) is 10.9 Å². The van der Waals surface area contributed by atoms with Gasteiger partial charge in [0.15, 0.2) is 0 Å². The lowest BCUT2D eigenvalue weighted by Gasteiger charge is -2.04. The first-order valence-electron chi connectivity index (χ1n) is 3.95. The van der Waals surface area contributed by atoms with Crippen LogP contribution in [0, 0.1) is 0 Å². The zero-order valence-corrected chi connectivity index (χ0v) is 8.61. The Morgan fingerprint density at radius 2 is 2.07 bits per heavy atom. The Balaban J connectivity index is 2.76. The SMILES string of the molecule is O=C([O-])c1ccc2cccc(Br)c2n1. The summed E-state index contributed by atoms with van der Waals surface area (Å²) >= 11 is 3.30. The number of benzene rings is 1. The highest BCUT2D eigenvalue weighted by molar-refractivity contribution is 9.10. The number of nitrogens with zero attached hydrogens (tertiary/aromatic N) is 1. The molecule has 1 aromatic carbocycles. The van der Waals surface area contributed by atoms with Crippen LogP contribution < -0.4 is 5.11 Å². The third kappa shape index (κ3) is 1.48. The van der Waals surface area contributed by atoms with Gasteiger partial charge in [0.25, 0.3) is 0 Å². The second-order valence-corrected chi connectivity index (χ2v) is 3.65. The van der Waals surface area contributed by atoms with E-state index in [2.05, 4.69) is 20.9 Å². The molecular formula is C10H5BrNO2-. The van der Waals surface area contributed by atoms with Crippen molar-refractivity contribution in [2.75, 3.05) is 0 Å². The quantitative estimate of drug-likeness (QED) is 0.768. The topological polar surface area (TPSA) is 53.0 Å². The predicted octanol–water partition coefficient (Wildman–Crippen LogP) is 1.36. The van der Waals surface area contributed by atoms with Gasteiger partial charge < -0.3 is 9.90 Å². The maximum atomic E-state index is 10.6. The minimum absolute atomic E-state index is 0.0515. The summed E-state index contributed by atoms with van der Waals surface area (Å²) in [4.78, 5) is 14.5. The third-order valence-corrected chi connectivity index (χ3v) is 2.52. The van der Waals surface area contributed by atoms with Crippen molar-refractivity contribution in [2.45, 2.75) is 0 Å². The van der Waals surface area contributed by atoms with Crippen molar-refractivity contribution in [3.05, 3.63) is 40.5 Å². The van der Waals surface area contributed by atoms with Crippen LogP contribution in [0.15, 0.2) is 34.8 Å². The summed E-state index contributed by atoms with van der Waals surface area (Å²) in [5.74, 6) is -1.26. The molecule has 2 aromatic rings. The van der Waals surface area contributed by atoms with Gasteiger partial charge in [-0.25, -0.2) is 4.98 Å². The Hall–Kier alpha value is -1.42. The first-order chi connectivity index (χ1) is 6.68. The van der Waals surface area contributed by atoms with E-state index in [0.29, 0.717) is 5.52 Å². The largest absolute Gasteiger partial charge is 0.543 e. The van der Waals surface area contributed by atoms with Crippen LogP contribution in [0.1, 0.15) is 10.5 Å². The van der Waals surface area contributed by atoms with Gasteiger partial charge in [0.05, 0.1) is 17.2 Å². The van der Waals surface area contributed by atoms with Gasteiger partial charge >= 0.3 is 0 Å². The Bertz CT molecular complexity index is 510. The number of rotatable bonds is 1. The second-order valence-electron chi connectivity index (χ2n) is 2.80. The molecule has 2 rings (SSSR count). The summed E-state index contributed by atoms with van der Waals surface area (Å²) in [6, 6.07) is 8.69. The van der Waals surface area contributed by atoms with Gasteiger partial charge in [-0.15, -0.1) is 0 Å². The number of carboxylic acid groups (broad SMARTS) is 1. The molecule has 1 aromatic heterocycles. The summed E-state index contributed by atoms with van der Waals surface area (Å²) < 4.78 is 0.776. The van der Waals surface area contributed by atoms with E-state index in [1.54, 1.807) is 6.07 Å². The molecule has 0 spiro atoms. The molecule has 0 amide bonds. The minimum atomic E-state index is -1.26. The van der Waals surface area contributed by atoms with Crippen LogP contribution in [0.3, 0.4) is 0 Å². The lowest BCUT2D eigenvalue weighted by molar-refractivity contribution is -0.255. The van der Waals surface area contributed by atoms with E-state index in [1.807, 2.05) is 18.2 Å². The van der Waals surface area contributed by atoms with Gasteiger partial charge in [0.1, 0.15) is 0 Å². The van der Waals surface area contributed by atoms with Crippen molar-refractivity contribution >= 4 is 32.8 Å². The highest BCUT2D eigenvalue weighted by Crippen LogP contribution is 2.21. The lowest BCUT2D eigenvalue weighted by atomic mass is 10.2. The number of halogens is 1. The molecule has 0 fully saturated rings. The zero-order chi connectivity index (χ0) is 10.1. The van der Waals surface area contributed by atoms with Gasteiger partial charge in [-0.05, 0) is 28.1 Å². The number of carboxylic acids is 1. The number of aromatic carboxylic acids is 1. The minimum Gasteiger partial charge on any atom is -0.543 e. The molecular weight excluding hydrogens is 246 g/mol. The summed E-state index contributed by atoms with van der Waals surface area (Å²) in [6.07, 6.45) is 0. The Kier molecular flexibility index (Phi) is 2.21. The molecule has 0 unspecified atom stereocenters.